The number of benzene rings is 1. The molecule has 1 fully saturated rings. The molecule has 1 amide bonds. The lowest BCUT2D eigenvalue weighted by Crippen LogP contribution is -3.10. The average Bonchev–Trinajstić information content (AvgIpc) is 2.41. The number of ether oxygens (including phenoxy) is 1. The van der Waals surface area contributed by atoms with E-state index in [2.05, 4.69) is 25.4 Å². The smallest absolute Gasteiger partial charge is 0.411 e. The molecular formula is C15H23N2O2+. The maximum atomic E-state index is 11.8. The summed E-state index contributed by atoms with van der Waals surface area (Å²) in [5.41, 5.74) is 2.02. The molecule has 0 aliphatic carbocycles. The summed E-state index contributed by atoms with van der Waals surface area (Å²) in [5.74, 6) is 0. The van der Waals surface area contributed by atoms with E-state index in [1.165, 1.54) is 10.5 Å². The zero-order valence-electron chi connectivity index (χ0n) is 11.7. The van der Waals surface area contributed by atoms with Crippen molar-refractivity contribution < 1.29 is 14.4 Å². The maximum Gasteiger partial charge on any atom is 0.411 e. The van der Waals surface area contributed by atoms with E-state index < -0.39 is 0 Å². The molecule has 0 radical (unpaired) electrons. The first-order valence-electron chi connectivity index (χ1n) is 7.05. The summed E-state index contributed by atoms with van der Waals surface area (Å²) in [5, 5.41) is 2.81. The normalized spacial score (nSPS) is 22.8. The van der Waals surface area contributed by atoms with Gasteiger partial charge in [-0.3, -0.25) is 5.32 Å². The van der Waals surface area contributed by atoms with Crippen LogP contribution in [-0.2, 0) is 11.2 Å². The van der Waals surface area contributed by atoms with Crippen molar-refractivity contribution in [2.45, 2.75) is 32.3 Å². The molecule has 2 N–H and O–H groups in total. The summed E-state index contributed by atoms with van der Waals surface area (Å²) >= 11 is 0. The Hall–Kier alpha value is -1.55. The van der Waals surface area contributed by atoms with E-state index in [9.17, 15) is 4.79 Å². The van der Waals surface area contributed by atoms with Crippen LogP contribution in [-0.4, -0.2) is 32.3 Å². The minimum absolute atomic E-state index is 0.0676. The third-order valence-corrected chi connectivity index (χ3v) is 3.64. The van der Waals surface area contributed by atoms with E-state index in [4.69, 9.17) is 4.74 Å². The standard InChI is InChI=1S/C15H22N2O2/c1-3-12-5-4-6-13(11-12)16-15(18)19-14-7-9-17(2)10-8-14/h4-6,11,14H,3,7-10H2,1-2H3,(H,16,18)/p+1. The molecule has 0 saturated carbocycles. The van der Waals surface area contributed by atoms with Gasteiger partial charge < -0.3 is 9.64 Å². The van der Waals surface area contributed by atoms with Gasteiger partial charge in [0.15, 0.2) is 0 Å². The van der Waals surface area contributed by atoms with Crippen molar-refractivity contribution in [2.24, 2.45) is 0 Å². The van der Waals surface area contributed by atoms with E-state index in [0.29, 0.717) is 0 Å². The average molecular weight is 263 g/mol. The summed E-state index contributed by atoms with van der Waals surface area (Å²) < 4.78 is 5.45. The number of piperidine rings is 1. The number of carbonyl (C=O) groups excluding carboxylic acids is 1. The first-order valence-corrected chi connectivity index (χ1v) is 7.05. The first-order chi connectivity index (χ1) is 9.17. The highest BCUT2D eigenvalue weighted by Gasteiger charge is 2.22. The molecule has 0 spiro atoms. The molecule has 4 heteroatoms. The van der Waals surface area contributed by atoms with Crippen LogP contribution in [0.1, 0.15) is 25.3 Å². The zero-order chi connectivity index (χ0) is 13.7. The van der Waals surface area contributed by atoms with Crippen molar-refractivity contribution in [3.63, 3.8) is 0 Å². The van der Waals surface area contributed by atoms with Crippen LogP contribution >= 0.6 is 0 Å². The van der Waals surface area contributed by atoms with Crippen LogP contribution in [0.25, 0.3) is 0 Å². The maximum absolute atomic E-state index is 11.8. The molecule has 1 aliphatic heterocycles. The van der Waals surface area contributed by atoms with Crippen molar-refractivity contribution in [3.8, 4) is 0 Å². The van der Waals surface area contributed by atoms with Crippen LogP contribution in [0.4, 0.5) is 10.5 Å². The molecule has 2 rings (SSSR count). The fourth-order valence-corrected chi connectivity index (χ4v) is 2.37. The Morgan fingerprint density at radius 2 is 2.16 bits per heavy atom. The molecule has 1 aliphatic rings. The van der Waals surface area contributed by atoms with Crippen LogP contribution < -0.4 is 10.2 Å². The van der Waals surface area contributed by atoms with Gasteiger partial charge in [0.2, 0.25) is 0 Å². The van der Waals surface area contributed by atoms with Crippen molar-refractivity contribution in [1.29, 1.82) is 0 Å². The Labute approximate surface area is 114 Å². The number of carbonyl (C=O) groups is 1. The monoisotopic (exact) mass is 263 g/mol. The van der Waals surface area contributed by atoms with Crippen molar-refractivity contribution in [2.75, 3.05) is 25.5 Å². The molecule has 104 valence electrons. The third kappa shape index (κ3) is 4.24. The van der Waals surface area contributed by atoms with E-state index in [1.807, 2.05) is 18.2 Å². The molecule has 1 aromatic carbocycles. The number of amides is 1. The van der Waals surface area contributed by atoms with Crippen molar-refractivity contribution in [3.05, 3.63) is 29.8 Å². The lowest BCUT2D eigenvalue weighted by atomic mass is 10.1. The van der Waals surface area contributed by atoms with Crippen LogP contribution in [0.3, 0.4) is 0 Å². The highest BCUT2D eigenvalue weighted by Crippen LogP contribution is 2.13. The molecule has 1 heterocycles. The molecule has 0 aromatic heterocycles. The van der Waals surface area contributed by atoms with Gasteiger partial charge in [0.1, 0.15) is 6.10 Å². The first kappa shape index (κ1) is 13.9. The Balaban J connectivity index is 1.83. The highest BCUT2D eigenvalue weighted by atomic mass is 16.6. The summed E-state index contributed by atoms with van der Waals surface area (Å²) in [6.07, 6.45) is 2.60. The lowest BCUT2D eigenvalue weighted by Gasteiger charge is -2.26. The Morgan fingerprint density at radius 3 is 2.84 bits per heavy atom. The van der Waals surface area contributed by atoms with E-state index >= 15 is 0 Å². The fraction of sp³-hybridized carbons (Fsp3) is 0.533. The number of likely N-dealkylation sites (tertiary alicyclic amines) is 1. The number of hydrogen-bond acceptors (Lipinski definition) is 2. The molecule has 0 bridgehead atoms. The minimum Gasteiger partial charge on any atom is -0.446 e. The van der Waals surface area contributed by atoms with Crippen molar-refractivity contribution >= 4 is 11.8 Å². The van der Waals surface area contributed by atoms with Crippen LogP contribution in [0.5, 0.6) is 0 Å². The van der Waals surface area contributed by atoms with Gasteiger partial charge in [0.05, 0.1) is 20.1 Å². The number of nitrogens with one attached hydrogen (secondary N) is 2. The predicted molar refractivity (Wildman–Crippen MR) is 75.6 cm³/mol. The van der Waals surface area contributed by atoms with Gasteiger partial charge in [0.25, 0.3) is 0 Å². The molecule has 0 atom stereocenters. The van der Waals surface area contributed by atoms with Crippen molar-refractivity contribution in [1.82, 2.24) is 0 Å². The highest BCUT2D eigenvalue weighted by molar-refractivity contribution is 5.84. The summed E-state index contributed by atoms with van der Waals surface area (Å²) in [6.45, 7) is 4.24. The molecule has 1 saturated heterocycles. The second kappa shape index (κ2) is 6.57. The predicted octanol–water partition coefficient (Wildman–Crippen LogP) is 1.47. The molecular weight excluding hydrogens is 240 g/mol. The largest absolute Gasteiger partial charge is 0.446 e. The number of anilines is 1. The number of aryl methyl sites for hydroxylation is 1. The number of quaternary nitrogens is 1. The van der Waals surface area contributed by atoms with Crippen LogP contribution in [0.2, 0.25) is 0 Å². The lowest BCUT2D eigenvalue weighted by molar-refractivity contribution is -0.885. The Kier molecular flexibility index (Phi) is 4.80. The van der Waals surface area contributed by atoms with Gasteiger partial charge in [-0.2, -0.15) is 0 Å². The van der Waals surface area contributed by atoms with Gasteiger partial charge in [-0.1, -0.05) is 19.1 Å². The third-order valence-electron chi connectivity index (χ3n) is 3.64. The Bertz CT molecular complexity index is 426. The number of rotatable bonds is 3. The van der Waals surface area contributed by atoms with Gasteiger partial charge >= 0.3 is 6.09 Å². The topological polar surface area (TPSA) is 42.8 Å². The molecule has 19 heavy (non-hydrogen) atoms. The number of hydrogen-bond donors (Lipinski definition) is 2. The minimum atomic E-state index is -0.335. The van der Waals surface area contributed by atoms with Gasteiger partial charge in [0, 0.05) is 18.5 Å². The van der Waals surface area contributed by atoms with E-state index in [1.54, 1.807) is 0 Å². The molecule has 1 aromatic rings. The molecule has 4 nitrogen and oxygen atoms in total. The van der Waals surface area contributed by atoms with Gasteiger partial charge in [-0.05, 0) is 24.1 Å². The van der Waals surface area contributed by atoms with Gasteiger partial charge in [-0.25, -0.2) is 4.79 Å². The second-order valence-corrected chi connectivity index (χ2v) is 5.24. The Morgan fingerprint density at radius 1 is 1.42 bits per heavy atom. The fourth-order valence-electron chi connectivity index (χ4n) is 2.37. The zero-order valence-corrected chi connectivity index (χ0v) is 11.7. The van der Waals surface area contributed by atoms with Crippen LogP contribution in [0.15, 0.2) is 24.3 Å². The second-order valence-electron chi connectivity index (χ2n) is 5.24. The van der Waals surface area contributed by atoms with Crippen LogP contribution in [0, 0.1) is 0 Å². The summed E-state index contributed by atoms with van der Waals surface area (Å²) in [7, 11) is 2.17. The SMILES string of the molecule is CCc1cccc(NC(=O)OC2CC[NH+](C)CC2)c1. The molecule has 0 unspecified atom stereocenters. The summed E-state index contributed by atoms with van der Waals surface area (Å²) in [4.78, 5) is 13.3. The summed E-state index contributed by atoms with van der Waals surface area (Å²) in [6, 6.07) is 7.88. The van der Waals surface area contributed by atoms with E-state index in [-0.39, 0.29) is 12.2 Å². The van der Waals surface area contributed by atoms with Gasteiger partial charge in [-0.15, -0.1) is 0 Å². The van der Waals surface area contributed by atoms with E-state index in [0.717, 1.165) is 38.0 Å². The quantitative estimate of drug-likeness (QED) is 0.867.